The molecule has 0 aliphatic heterocycles. The molecule has 3 rings (SSSR count). The first-order chi connectivity index (χ1) is 11.1. The van der Waals surface area contributed by atoms with Crippen LogP contribution in [0, 0.1) is 0 Å². The lowest BCUT2D eigenvalue weighted by Gasteiger charge is -2.17. The number of hydrogen-bond donors (Lipinski definition) is 1. The molecule has 118 valence electrons. The predicted molar refractivity (Wildman–Crippen MR) is 89.5 cm³/mol. The van der Waals surface area contributed by atoms with Crippen LogP contribution in [0.1, 0.15) is 0 Å². The minimum atomic E-state index is -0.353. The summed E-state index contributed by atoms with van der Waals surface area (Å²) in [5, 5.41) is 9.89. The number of fused-ring (bicyclic) bond motifs is 1. The van der Waals surface area contributed by atoms with E-state index in [1.165, 1.54) is 0 Å². The van der Waals surface area contributed by atoms with E-state index in [1.807, 2.05) is 72.4 Å². The third-order valence-electron chi connectivity index (χ3n) is 3.89. The number of aliphatic hydroxyl groups excluding tert-OH is 1. The molecule has 0 aliphatic carbocycles. The van der Waals surface area contributed by atoms with Gasteiger partial charge in [0.15, 0.2) is 12.4 Å². The number of rotatable bonds is 4. The maximum absolute atomic E-state index is 12.3. The van der Waals surface area contributed by atoms with E-state index in [4.69, 9.17) is 9.52 Å². The average Bonchev–Trinajstić information content (AvgIpc) is 2.55. The highest BCUT2D eigenvalue weighted by Crippen LogP contribution is 2.24. The Hall–Kier alpha value is -2.66. The fraction of sp³-hybridized carbons (Fsp3) is 0.222. The van der Waals surface area contributed by atoms with Gasteiger partial charge in [-0.2, -0.15) is 0 Å². The van der Waals surface area contributed by atoms with Crippen molar-refractivity contribution in [3.05, 3.63) is 59.2 Å². The normalized spacial score (nSPS) is 10.9. The Balaban J connectivity index is 2.07. The van der Waals surface area contributed by atoms with Crippen LogP contribution in [0.4, 0.5) is 5.69 Å². The fourth-order valence-electron chi connectivity index (χ4n) is 2.50. The third-order valence-corrected chi connectivity index (χ3v) is 3.89. The SMILES string of the molecule is CN(CCO)c1ccc2cc(-c3cc[n+](C)cc3)c(=O)oc2c1. The van der Waals surface area contributed by atoms with E-state index in [0.717, 1.165) is 16.6 Å². The molecule has 5 nitrogen and oxygen atoms in total. The number of hydrogen-bond acceptors (Lipinski definition) is 4. The number of aliphatic hydroxyl groups is 1. The first-order valence-electron chi connectivity index (χ1n) is 7.44. The first kappa shape index (κ1) is 15.2. The van der Waals surface area contributed by atoms with E-state index in [1.54, 1.807) is 0 Å². The largest absolute Gasteiger partial charge is 0.422 e. The molecule has 0 unspecified atom stereocenters. The summed E-state index contributed by atoms with van der Waals surface area (Å²) in [6, 6.07) is 11.3. The van der Waals surface area contributed by atoms with Crippen LogP contribution in [0.3, 0.4) is 0 Å². The van der Waals surface area contributed by atoms with Crippen molar-refractivity contribution in [3.63, 3.8) is 0 Å². The van der Waals surface area contributed by atoms with E-state index in [2.05, 4.69) is 0 Å². The van der Waals surface area contributed by atoms with Gasteiger partial charge < -0.3 is 14.4 Å². The molecular weight excluding hydrogens is 292 g/mol. The lowest BCUT2D eigenvalue weighted by molar-refractivity contribution is -0.671. The maximum Gasteiger partial charge on any atom is 0.344 e. The predicted octanol–water partition coefficient (Wildman–Crippen LogP) is 1.71. The summed E-state index contributed by atoms with van der Waals surface area (Å²) in [7, 11) is 3.81. The van der Waals surface area contributed by atoms with Gasteiger partial charge in [-0.3, -0.25) is 0 Å². The number of aryl methyl sites for hydroxylation is 1. The Morgan fingerprint density at radius 2 is 1.91 bits per heavy atom. The molecular formula is C18H19N2O3+. The van der Waals surface area contributed by atoms with E-state index >= 15 is 0 Å². The summed E-state index contributed by atoms with van der Waals surface area (Å²) in [5.74, 6) is 0. The van der Waals surface area contributed by atoms with Crippen molar-refractivity contribution in [2.45, 2.75) is 0 Å². The van der Waals surface area contributed by atoms with E-state index in [0.29, 0.717) is 17.7 Å². The molecule has 0 saturated heterocycles. The van der Waals surface area contributed by atoms with Gasteiger partial charge in [0.25, 0.3) is 0 Å². The molecule has 23 heavy (non-hydrogen) atoms. The summed E-state index contributed by atoms with van der Waals surface area (Å²) < 4.78 is 7.41. The van der Waals surface area contributed by atoms with Crippen LogP contribution < -0.4 is 15.1 Å². The fourth-order valence-corrected chi connectivity index (χ4v) is 2.50. The molecule has 5 heteroatoms. The number of anilines is 1. The Morgan fingerprint density at radius 1 is 1.17 bits per heavy atom. The third kappa shape index (κ3) is 3.10. The number of likely N-dealkylation sites (N-methyl/N-ethyl adjacent to an activating group) is 1. The van der Waals surface area contributed by atoms with Crippen LogP contribution in [0.25, 0.3) is 22.1 Å². The molecule has 0 aliphatic rings. The zero-order valence-corrected chi connectivity index (χ0v) is 13.2. The average molecular weight is 311 g/mol. The number of pyridine rings is 1. The Labute approximate surface area is 134 Å². The van der Waals surface area contributed by atoms with Crippen LogP contribution in [0.15, 0.2) is 58.0 Å². The maximum atomic E-state index is 12.3. The van der Waals surface area contributed by atoms with Gasteiger partial charge in [0.1, 0.15) is 12.6 Å². The molecule has 0 fully saturated rings. The Kier molecular flexibility index (Phi) is 4.12. The molecule has 0 radical (unpaired) electrons. The Bertz CT molecular complexity index is 885. The summed E-state index contributed by atoms with van der Waals surface area (Å²) in [6.07, 6.45) is 3.79. The van der Waals surface area contributed by atoms with Crippen LogP contribution in [-0.4, -0.2) is 25.3 Å². The van der Waals surface area contributed by atoms with Crippen LogP contribution >= 0.6 is 0 Å². The number of nitrogens with zero attached hydrogens (tertiary/aromatic N) is 2. The quantitative estimate of drug-likeness (QED) is 0.589. The molecule has 0 amide bonds. The molecule has 3 aromatic rings. The van der Waals surface area contributed by atoms with Crippen molar-refractivity contribution in [2.75, 3.05) is 25.1 Å². The number of benzene rings is 1. The van der Waals surface area contributed by atoms with Crippen LogP contribution in [0.5, 0.6) is 0 Å². The highest BCUT2D eigenvalue weighted by molar-refractivity contribution is 5.84. The van der Waals surface area contributed by atoms with Crippen LogP contribution in [-0.2, 0) is 7.05 Å². The van der Waals surface area contributed by atoms with Crippen molar-refractivity contribution in [3.8, 4) is 11.1 Å². The molecule has 0 atom stereocenters. The van der Waals surface area contributed by atoms with Gasteiger partial charge in [-0.1, -0.05) is 0 Å². The molecule has 0 saturated carbocycles. The standard InChI is InChI=1S/C18H19N2O3/c1-19-7-5-13(6-8-19)16-11-14-3-4-15(20(2)9-10-21)12-17(14)23-18(16)22/h3-8,11-12,21H,9-10H2,1-2H3/q+1. The highest BCUT2D eigenvalue weighted by Gasteiger charge is 2.10. The zero-order chi connectivity index (χ0) is 16.4. The summed E-state index contributed by atoms with van der Waals surface area (Å²) in [4.78, 5) is 14.2. The van der Waals surface area contributed by atoms with E-state index < -0.39 is 0 Å². The minimum Gasteiger partial charge on any atom is -0.422 e. The van der Waals surface area contributed by atoms with Crippen molar-refractivity contribution >= 4 is 16.7 Å². The summed E-state index contributed by atoms with van der Waals surface area (Å²) in [6.45, 7) is 0.595. The molecule has 1 N–H and O–H groups in total. The second-order valence-corrected chi connectivity index (χ2v) is 5.57. The van der Waals surface area contributed by atoms with Gasteiger partial charge in [0.2, 0.25) is 0 Å². The monoisotopic (exact) mass is 311 g/mol. The minimum absolute atomic E-state index is 0.0723. The smallest absolute Gasteiger partial charge is 0.344 e. The number of aromatic nitrogens is 1. The Morgan fingerprint density at radius 3 is 2.61 bits per heavy atom. The molecule has 2 aromatic heterocycles. The van der Waals surface area contributed by atoms with Crippen LogP contribution in [0.2, 0.25) is 0 Å². The van der Waals surface area contributed by atoms with Crippen molar-refractivity contribution < 1.29 is 14.1 Å². The summed E-state index contributed by atoms with van der Waals surface area (Å²) >= 11 is 0. The second kappa shape index (κ2) is 6.22. The van der Waals surface area contributed by atoms with Gasteiger partial charge in [-0.15, -0.1) is 0 Å². The van der Waals surface area contributed by atoms with Gasteiger partial charge in [0, 0.05) is 48.4 Å². The molecule has 0 spiro atoms. The van der Waals surface area contributed by atoms with E-state index in [9.17, 15) is 4.79 Å². The zero-order valence-electron chi connectivity index (χ0n) is 13.2. The van der Waals surface area contributed by atoms with Gasteiger partial charge in [-0.25, -0.2) is 9.36 Å². The summed E-state index contributed by atoms with van der Waals surface area (Å²) in [5.41, 5.74) is 2.47. The van der Waals surface area contributed by atoms with Gasteiger partial charge >= 0.3 is 5.63 Å². The molecule has 1 aromatic carbocycles. The molecule has 2 heterocycles. The first-order valence-corrected chi connectivity index (χ1v) is 7.44. The highest BCUT2D eigenvalue weighted by atomic mass is 16.4. The van der Waals surface area contributed by atoms with Gasteiger partial charge in [0.05, 0.1) is 12.2 Å². The second-order valence-electron chi connectivity index (χ2n) is 5.57. The lowest BCUT2D eigenvalue weighted by Crippen LogP contribution is -2.25. The van der Waals surface area contributed by atoms with Crippen molar-refractivity contribution in [1.29, 1.82) is 0 Å². The molecule has 0 bridgehead atoms. The van der Waals surface area contributed by atoms with Crippen molar-refractivity contribution in [1.82, 2.24) is 0 Å². The van der Waals surface area contributed by atoms with E-state index in [-0.39, 0.29) is 12.2 Å². The topological polar surface area (TPSA) is 57.6 Å². The van der Waals surface area contributed by atoms with Crippen molar-refractivity contribution in [2.24, 2.45) is 7.05 Å². The van der Waals surface area contributed by atoms with Gasteiger partial charge in [-0.05, 0) is 18.2 Å². The lowest BCUT2D eigenvalue weighted by atomic mass is 10.1.